The third-order valence-corrected chi connectivity index (χ3v) is 2.68. The Balaban J connectivity index is 2.12. The van der Waals surface area contributed by atoms with E-state index in [0.717, 1.165) is 16.8 Å². The van der Waals surface area contributed by atoms with Gasteiger partial charge in [-0.05, 0) is 35.4 Å². The van der Waals surface area contributed by atoms with E-state index in [1.807, 2.05) is 54.7 Å². The second-order valence-corrected chi connectivity index (χ2v) is 4.22. The van der Waals surface area contributed by atoms with Gasteiger partial charge in [0.05, 0.1) is 13.2 Å². The van der Waals surface area contributed by atoms with Crippen molar-refractivity contribution < 1.29 is 4.74 Å². The zero-order chi connectivity index (χ0) is 14.2. The standard InChI is InChI=1S/C16H13N3O/c17-8-14(9-18)6-13-7-15(12-20-11-13)10-19-16-4-2-1-3-5-16/h1-7,10,19H,11-12H2/b15-10-. The minimum absolute atomic E-state index is 0.0807. The fourth-order valence-corrected chi connectivity index (χ4v) is 1.76. The summed E-state index contributed by atoms with van der Waals surface area (Å²) in [7, 11) is 0. The Labute approximate surface area is 117 Å². The highest BCUT2D eigenvalue weighted by atomic mass is 16.5. The Bertz CT molecular complexity index is 627. The van der Waals surface area contributed by atoms with Crippen molar-refractivity contribution in [3.63, 3.8) is 0 Å². The minimum atomic E-state index is 0.0807. The van der Waals surface area contributed by atoms with Gasteiger partial charge in [-0.25, -0.2) is 0 Å². The third-order valence-electron chi connectivity index (χ3n) is 2.68. The van der Waals surface area contributed by atoms with Gasteiger partial charge in [0, 0.05) is 11.9 Å². The summed E-state index contributed by atoms with van der Waals surface area (Å²) in [5.74, 6) is 0. The molecule has 0 spiro atoms. The monoisotopic (exact) mass is 263 g/mol. The van der Waals surface area contributed by atoms with Crippen LogP contribution in [-0.2, 0) is 4.74 Å². The molecule has 4 heteroatoms. The van der Waals surface area contributed by atoms with Crippen LogP contribution in [0.2, 0.25) is 0 Å². The summed E-state index contributed by atoms with van der Waals surface area (Å²) in [6.07, 6.45) is 5.34. The van der Waals surface area contributed by atoms with E-state index < -0.39 is 0 Å². The van der Waals surface area contributed by atoms with Gasteiger partial charge in [-0.2, -0.15) is 10.5 Å². The molecule has 0 aromatic heterocycles. The van der Waals surface area contributed by atoms with Crippen molar-refractivity contribution in [1.29, 1.82) is 10.5 Å². The van der Waals surface area contributed by atoms with Crippen LogP contribution >= 0.6 is 0 Å². The molecule has 0 unspecified atom stereocenters. The highest BCUT2D eigenvalue weighted by Crippen LogP contribution is 2.15. The van der Waals surface area contributed by atoms with Crippen molar-refractivity contribution in [2.45, 2.75) is 0 Å². The zero-order valence-electron chi connectivity index (χ0n) is 10.8. The molecule has 1 N–H and O–H groups in total. The van der Waals surface area contributed by atoms with Gasteiger partial charge in [-0.3, -0.25) is 0 Å². The van der Waals surface area contributed by atoms with E-state index in [1.165, 1.54) is 0 Å². The number of benzene rings is 1. The number of hydrogen-bond donors (Lipinski definition) is 1. The summed E-state index contributed by atoms with van der Waals surface area (Å²) >= 11 is 0. The van der Waals surface area contributed by atoms with Crippen LogP contribution in [0.25, 0.3) is 0 Å². The van der Waals surface area contributed by atoms with Crippen molar-refractivity contribution in [1.82, 2.24) is 0 Å². The van der Waals surface area contributed by atoms with Gasteiger partial charge in [-0.1, -0.05) is 18.2 Å². The van der Waals surface area contributed by atoms with Gasteiger partial charge < -0.3 is 10.1 Å². The predicted molar refractivity (Wildman–Crippen MR) is 76.4 cm³/mol. The molecule has 20 heavy (non-hydrogen) atoms. The first-order chi connectivity index (χ1) is 9.81. The molecule has 1 aromatic rings. The normalized spacial score (nSPS) is 15.7. The van der Waals surface area contributed by atoms with Crippen LogP contribution in [0.3, 0.4) is 0 Å². The van der Waals surface area contributed by atoms with Crippen LogP contribution in [0.4, 0.5) is 5.69 Å². The molecule has 0 saturated carbocycles. The second-order valence-electron chi connectivity index (χ2n) is 4.22. The van der Waals surface area contributed by atoms with Crippen LogP contribution < -0.4 is 5.32 Å². The highest BCUT2D eigenvalue weighted by Gasteiger charge is 2.07. The van der Waals surface area contributed by atoms with E-state index in [1.54, 1.807) is 6.08 Å². The fourth-order valence-electron chi connectivity index (χ4n) is 1.76. The summed E-state index contributed by atoms with van der Waals surface area (Å²) in [5, 5.41) is 20.7. The Morgan fingerprint density at radius 2 is 1.90 bits per heavy atom. The molecule has 2 rings (SSSR count). The molecule has 0 amide bonds. The van der Waals surface area contributed by atoms with Gasteiger partial charge in [0.1, 0.15) is 17.7 Å². The number of hydrogen-bond acceptors (Lipinski definition) is 4. The summed E-state index contributed by atoms with van der Waals surface area (Å²) < 4.78 is 5.43. The Hall–Kier alpha value is -2.82. The van der Waals surface area contributed by atoms with Crippen LogP contribution in [0, 0.1) is 22.7 Å². The molecular weight excluding hydrogens is 250 g/mol. The minimum Gasteiger partial charge on any atom is -0.372 e. The highest BCUT2D eigenvalue weighted by molar-refractivity contribution is 5.48. The number of nitrogens with one attached hydrogen (secondary N) is 1. The SMILES string of the molecule is N#CC(C#N)=CC1=C/C(=C/Nc2ccccc2)COC1. The maximum absolute atomic E-state index is 8.74. The van der Waals surface area contributed by atoms with E-state index >= 15 is 0 Å². The fraction of sp³-hybridized carbons (Fsp3) is 0.125. The quantitative estimate of drug-likeness (QED) is 0.851. The average molecular weight is 263 g/mol. The molecule has 4 nitrogen and oxygen atoms in total. The van der Waals surface area contributed by atoms with Gasteiger partial charge in [-0.15, -0.1) is 0 Å². The average Bonchev–Trinajstić information content (AvgIpc) is 2.52. The number of anilines is 1. The Morgan fingerprint density at radius 3 is 2.60 bits per heavy atom. The van der Waals surface area contributed by atoms with Crippen LogP contribution in [-0.4, -0.2) is 13.2 Å². The number of para-hydroxylation sites is 1. The molecule has 0 saturated heterocycles. The molecule has 98 valence electrons. The lowest BCUT2D eigenvalue weighted by molar-refractivity contribution is 0.177. The van der Waals surface area contributed by atoms with E-state index in [-0.39, 0.29) is 5.57 Å². The maximum atomic E-state index is 8.74. The lowest BCUT2D eigenvalue weighted by Crippen LogP contribution is -2.09. The summed E-state index contributed by atoms with van der Waals surface area (Å²) in [4.78, 5) is 0. The topological polar surface area (TPSA) is 68.8 Å². The lowest BCUT2D eigenvalue weighted by Gasteiger charge is -2.14. The number of nitriles is 2. The molecule has 0 fully saturated rings. The third kappa shape index (κ3) is 3.84. The van der Waals surface area contributed by atoms with Crippen LogP contribution in [0.5, 0.6) is 0 Å². The molecular formula is C16H13N3O. The molecule has 1 heterocycles. The van der Waals surface area contributed by atoms with Gasteiger partial charge >= 0.3 is 0 Å². The largest absolute Gasteiger partial charge is 0.372 e. The van der Waals surface area contributed by atoms with Crippen molar-refractivity contribution in [2.75, 3.05) is 18.5 Å². The lowest BCUT2D eigenvalue weighted by atomic mass is 10.1. The molecule has 0 aliphatic carbocycles. The number of ether oxygens (including phenoxy) is 1. The van der Waals surface area contributed by atoms with Gasteiger partial charge in [0.25, 0.3) is 0 Å². The number of rotatable bonds is 3. The van der Waals surface area contributed by atoms with E-state index in [0.29, 0.717) is 13.2 Å². The van der Waals surface area contributed by atoms with E-state index in [9.17, 15) is 0 Å². The van der Waals surface area contributed by atoms with Crippen LogP contribution in [0.15, 0.2) is 65.4 Å². The first-order valence-corrected chi connectivity index (χ1v) is 6.12. The van der Waals surface area contributed by atoms with E-state index in [2.05, 4.69) is 5.32 Å². The first-order valence-electron chi connectivity index (χ1n) is 6.12. The smallest absolute Gasteiger partial charge is 0.130 e. The first kappa shape index (κ1) is 13.6. The van der Waals surface area contributed by atoms with Crippen molar-refractivity contribution >= 4 is 5.69 Å². The Kier molecular flexibility index (Phi) is 4.72. The molecule has 1 aliphatic heterocycles. The van der Waals surface area contributed by atoms with Gasteiger partial charge in [0.15, 0.2) is 0 Å². The molecule has 0 atom stereocenters. The Morgan fingerprint density at radius 1 is 1.15 bits per heavy atom. The molecule has 1 aliphatic rings. The van der Waals surface area contributed by atoms with Gasteiger partial charge in [0.2, 0.25) is 0 Å². The van der Waals surface area contributed by atoms with Crippen molar-refractivity contribution in [3.05, 3.63) is 65.4 Å². The van der Waals surface area contributed by atoms with E-state index in [4.69, 9.17) is 15.3 Å². The summed E-state index contributed by atoms with van der Waals surface area (Å²) in [6, 6.07) is 13.5. The second kappa shape index (κ2) is 6.94. The molecule has 0 bridgehead atoms. The van der Waals surface area contributed by atoms with Crippen LogP contribution in [0.1, 0.15) is 0 Å². The van der Waals surface area contributed by atoms with Crippen molar-refractivity contribution in [2.24, 2.45) is 0 Å². The molecule has 0 radical (unpaired) electrons. The zero-order valence-corrected chi connectivity index (χ0v) is 10.8. The summed E-state index contributed by atoms with van der Waals surface area (Å²) in [6.45, 7) is 0.918. The van der Waals surface area contributed by atoms with Crippen molar-refractivity contribution in [3.8, 4) is 12.1 Å². The maximum Gasteiger partial charge on any atom is 0.130 e. The predicted octanol–water partition coefficient (Wildman–Crippen LogP) is 2.91. The molecule has 1 aromatic carbocycles. The summed E-state index contributed by atoms with van der Waals surface area (Å²) in [5.41, 5.74) is 2.85. The number of allylic oxidation sites excluding steroid dienone is 1. The number of nitrogens with zero attached hydrogens (tertiary/aromatic N) is 2.